The minimum absolute atomic E-state index is 0.0454. The maximum atomic E-state index is 14.2. The Bertz CT molecular complexity index is 1330. The summed E-state index contributed by atoms with van der Waals surface area (Å²) in [6.07, 6.45) is 6.68. The minimum atomic E-state index is -1.34. The number of nitrogens with zero attached hydrogens (tertiary/aromatic N) is 3. The Balaban J connectivity index is 1.40. The van der Waals surface area contributed by atoms with Crippen LogP contribution in [0.4, 0.5) is 5.69 Å². The van der Waals surface area contributed by atoms with Crippen molar-refractivity contribution in [2.24, 2.45) is 11.8 Å². The van der Waals surface area contributed by atoms with Gasteiger partial charge >= 0.3 is 0 Å². The molecule has 196 valence electrons. The maximum Gasteiger partial charge on any atom is 0.253 e. The van der Waals surface area contributed by atoms with E-state index in [0.29, 0.717) is 23.8 Å². The summed E-state index contributed by atoms with van der Waals surface area (Å²) < 4.78 is 6.60. The van der Waals surface area contributed by atoms with Crippen LogP contribution in [0, 0.1) is 11.8 Å². The van der Waals surface area contributed by atoms with Crippen LogP contribution in [0.2, 0.25) is 5.02 Å². The fourth-order valence-corrected chi connectivity index (χ4v) is 6.61. The van der Waals surface area contributed by atoms with Crippen molar-refractivity contribution < 1.29 is 24.2 Å². The van der Waals surface area contributed by atoms with Crippen LogP contribution in [0.5, 0.6) is 0 Å². The van der Waals surface area contributed by atoms with Crippen LogP contribution < -0.4 is 4.90 Å². The number of hydrogen-bond donors (Lipinski definition) is 1. The number of halogens is 1. The molecule has 4 aliphatic heterocycles. The highest BCUT2D eigenvalue weighted by Crippen LogP contribution is 2.53. The van der Waals surface area contributed by atoms with Gasteiger partial charge in [0.15, 0.2) is 0 Å². The lowest BCUT2D eigenvalue weighted by Gasteiger charge is -2.35. The molecule has 0 aliphatic carbocycles. The molecule has 4 aliphatic rings. The Labute approximate surface area is 225 Å². The van der Waals surface area contributed by atoms with E-state index in [2.05, 4.69) is 0 Å². The number of anilines is 1. The van der Waals surface area contributed by atoms with Crippen LogP contribution in [0.15, 0.2) is 78.9 Å². The predicted molar refractivity (Wildman–Crippen MR) is 141 cm³/mol. The van der Waals surface area contributed by atoms with Crippen molar-refractivity contribution in [3.63, 3.8) is 0 Å². The molecule has 2 fully saturated rings. The highest BCUT2D eigenvalue weighted by atomic mass is 35.5. The highest BCUT2D eigenvalue weighted by molar-refractivity contribution is 6.34. The molecule has 2 saturated heterocycles. The number of carbonyl (C=O) groups excluding carboxylic acids is 3. The summed E-state index contributed by atoms with van der Waals surface area (Å²) in [5, 5.41) is 10.2. The normalized spacial score (nSPS) is 30.3. The molecular weight excluding hydrogens is 506 g/mol. The van der Waals surface area contributed by atoms with Crippen LogP contribution in [0.25, 0.3) is 0 Å². The van der Waals surface area contributed by atoms with E-state index in [1.165, 1.54) is 9.80 Å². The van der Waals surface area contributed by atoms with Crippen molar-refractivity contribution in [2.45, 2.75) is 24.3 Å². The van der Waals surface area contributed by atoms with Gasteiger partial charge in [0.1, 0.15) is 11.6 Å². The lowest BCUT2D eigenvalue weighted by molar-refractivity contribution is -0.145. The van der Waals surface area contributed by atoms with Gasteiger partial charge < -0.3 is 24.5 Å². The molecule has 5 atom stereocenters. The third kappa shape index (κ3) is 3.78. The second-order valence-electron chi connectivity index (χ2n) is 10.0. The standard InChI is InChI=1S/C29H28ClN3O5/c30-20-10-4-5-11-21(20)32-15-7-13-29-24(27(36)33(16-17-34)25(29)28(32)37)23-22(38-29)12-6-14-31(26(23)35)18-19-8-2-1-3-9-19/h1-13,22-25,34H,14-18H2/t22-,23+,24-,25?,29-/m0/s1. The zero-order valence-corrected chi connectivity index (χ0v) is 21.4. The Morgan fingerprint density at radius 3 is 2.47 bits per heavy atom. The van der Waals surface area contributed by atoms with Crippen molar-refractivity contribution in [2.75, 3.05) is 31.1 Å². The largest absolute Gasteiger partial charge is 0.395 e. The summed E-state index contributed by atoms with van der Waals surface area (Å²) >= 11 is 6.45. The Hall–Kier alpha value is -3.46. The van der Waals surface area contributed by atoms with Gasteiger partial charge in [-0.3, -0.25) is 14.4 Å². The second-order valence-corrected chi connectivity index (χ2v) is 10.4. The number of hydrogen-bond acceptors (Lipinski definition) is 5. The predicted octanol–water partition coefficient (Wildman–Crippen LogP) is 2.41. The van der Waals surface area contributed by atoms with Crippen LogP contribution in [-0.2, 0) is 25.7 Å². The Morgan fingerprint density at radius 1 is 0.947 bits per heavy atom. The number of carbonyl (C=O) groups is 3. The molecule has 0 bridgehead atoms. The van der Waals surface area contributed by atoms with Crippen molar-refractivity contribution in [1.29, 1.82) is 0 Å². The molecule has 4 heterocycles. The molecule has 6 rings (SSSR count). The molecule has 1 spiro atoms. The molecule has 2 aromatic carbocycles. The number of likely N-dealkylation sites (tertiary alicyclic amines) is 1. The summed E-state index contributed by atoms with van der Waals surface area (Å²) in [4.78, 5) is 46.8. The van der Waals surface area contributed by atoms with E-state index >= 15 is 0 Å². The van der Waals surface area contributed by atoms with E-state index in [-0.39, 0.29) is 37.4 Å². The third-order valence-corrected chi connectivity index (χ3v) is 8.26. The van der Waals surface area contributed by atoms with Gasteiger partial charge in [-0.2, -0.15) is 0 Å². The zero-order valence-electron chi connectivity index (χ0n) is 20.7. The SMILES string of the molecule is O=C1[C@@H]2[C@H](C=CCN1Cc1ccccc1)O[C@]13C=CCN(c4ccccc4Cl)C(=O)C1N(CCO)C(=O)[C@H]23. The average molecular weight is 534 g/mol. The maximum absolute atomic E-state index is 14.2. The summed E-state index contributed by atoms with van der Waals surface area (Å²) in [7, 11) is 0. The lowest BCUT2D eigenvalue weighted by Crippen LogP contribution is -2.55. The number of rotatable bonds is 5. The average Bonchev–Trinajstić information content (AvgIpc) is 3.23. The Kier molecular flexibility index (Phi) is 6.34. The summed E-state index contributed by atoms with van der Waals surface area (Å²) in [6, 6.07) is 15.7. The molecule has 8 nitrogen and oxygen atoms in total. The van der Waals surface area contributed by atoms with Gasteiger partial charge in [0.25, 0.3) is 5.91 Å². The molecule has 0 radical (unpaired) electrons. The van der Waals surface area contributed by atoms with Gasteiger partial charge in [0.05, 0.1) is 35.3 Å². The number of para-hydroxylation sites is 1. The number of β-amino-alcohol motifs (C(OH)–C–C–N with tert-alkyl or cyclic N) is 1. The topological polar surface area (TPSA) is 90.4 Å². The van der Waals surface area contributed by atoms with Gasteiger partial charge in [-0.25, -0.2) is 0 Å². The number of benzene rings is 2. The van der Waals surface area contributed by atoms with Gasteiger partial charge in [-0.05, 0) is 17.7 Å². The smallest absolute Gasteiger partial charge is 0.253 e. The van der Waals surface area contributed by atoms with Crippen molar-refractivity contribution >= 4 is 35.0 Å². The number of fused-ring (bicyclic) bond motifs is 2. The van der Waals surface area contributed by atoms with E-state index in [9.17, 15) is 19.5 Å². The molecule has 3 amide bonds. The van der Waals surface area contributed by atoms with E-state index in [1.807, 2.05) is 48.6 Å². The highest BCUT2D eigenvalue weighted by Gasteiger charge is 2.71. The molecule has 1 N–H and O–H groups in total. The van der Waals surface area contributed by atoms with Crippen molar-refractivity contribution in [3.8, 4) is 0 Å². The molecule has 9 heteroatoms. The summed E-state index contributed by atoms with van der Waals surface area (Å²) in [6.45, 7) is 0.667. The minimum Gasteiger partial charge on any atom is -0.395 e. The van der Waals surface area contributed by atoms with Gasteiger partial charge in [0, 0.05) is 26.2 Å². The fourth-order valence-electron chi connectivity index (χ4n) is 6.37. The first kappa shape index (κ1) is 24.9. The van der Waals surface area contributed by atoms with E-state index < -0.39 is 29.6 Å². The van der Waals surface area contributed by atoms with Crippen molar-refractivity contribution in [1.82, 2.24) is 9.80 Å². The first-order valence-electron chi connectivity index (χ1n) is 12.8. The molecule has 1 unspecified atom stereocenters. The first-order valence-corrected chi connectivity index (χ1v) is 13.2. The van der Waals surface area contributed by atoms with Gasteiger partial charge in [0.2, 0.25) is 11.8 Å². The second kappa shape index (κ2) is 9.69. The van der Waals surface area contributed by atoms with E-state index in [0.717, 1.165) is 5.56 Å². The van der Waals surface area contributed by atoms with Crippen LogP contribution >= 0.6 is 11.6 Å². The Morgan fingerprint density at radius 2 is 1.71 bits per heavy atom. The lowest BCUT2D eigenvalue weighted by atomic mass is 9.77. The van der Waals surface area contributed by atoms with E-state index in [1.54, 1.807) is 35.2 Å². The summed E-state index contributed by atoms with van der Waals surface area (Å²) in [5.74, 6) is -2.60. The monoisotopic (exact) mass is 533 g/mol. The number of ether oxygens (including phenoxy) is 1. The molecule has 2 aromatic rings. The quantitative estimate of drug-likeness (QED) is 0.596. The fraction of sp³-hybridized carbons (Fsp3) is 0.345. The third-order valence-electron chi connectivity index (χ3n) is 7.94. The zero-order chi connectivity index (χ0) is 26.4. The summed E-state index contributed by atoms with van der Waals surface area (Å²) in [5.41, 5.74) is 0.168. The molecule has 38 heavy (non-hydrogen) atoms. The van der Waals surface area contributed by atoms with Gasteiger partial charge in [-0.1, -0.05) is 78.4 Å². The van der Waals surface area contributed by atoms with Crippen LogP contribution in [-0.4, -0.2) is 76.6 Å². The van der Waals surface area contributed by atoms with Crippen LogP contribution in [0.3, 0.4) is 0 Å². The number of aliphatic hydroxyl groups is 1. The first-order chi connectivity index (χ1) is 18.5. The van der Waals surface area contributed by atoms with E-state index in [4.69, 9.17) is 16.3 Å². The van der Waals surface area contributed by atoms with Crippen LogP contribution in [0.1, 0.15) is 5.56 Å². The van der Waals surface area contributed by atoms with Gasteiger partial charge in [-0.15, -0.1) is 0 Å². The molecule has 0 aromatic heterocycles. The number of amides is 3. The molecule has 0 saturated carbocycles. The van der Waals surface area contributed by atoms with Crippen molar-refractivity contribution in [3.05, 3.63) is 89.5 Å². The molecular formula is C29H28ClN3O5. The number of aliphatic hydroxyl groups excluding tert-OH is 1.